The van der Waals surface area contributed by atoms with E-state index in [9.17, 15) is 9.59 Å². The van der Waals surface area contributed by atoms with Crippen LogP contribution in [0.4, 0.5) is 0 Å². The highest BCUT2D eigenvalue weighted by Gasteiger charge is 2.35. The van der Waals surface area contributed by atoms with E-state index in [-0.39, 0.29) is 12.2 Å². The molecule has 192 valence electrons. The molecule has 0 saturated carbocycles. The monoisotopic (exact) mass is 542 g/mol. The minimum absolute atomic E-state index is 0.212. The van der Waals surface area contributed by atoms with Crippen molar-refractivity contribution in [3.63, 3.8) is 0 Å². The van der Waals surface area contributed by atoms with E-state index >= 15 is 0 Å². The van der Waals surface area contributed by atoms with Crippen LogP contribution in [0.1, 0.15) is 55.0 Å². The molecule has 0 saturated heterocycles. The lowest BCUT2D eigenvalue weighted by Gasteiger charge is -2.26. The zero-order valence-electron chi connectivity index (χ0n) is 21.4. The highest BCUT2D eigenvalue weighted by molar-refractivity contribution is 7.07. The summed E-state index contributed by atoms with van der Waals surface area (Å²) in [5.41, 5.74) is 4.28. The molecule has 0 spiro atoms. The maximum atomic E-state index is 13.9. The first-order valence-corrected chi connectivity index (χ1v) is 13.7. The third-order valence-corrected chi connectivity index (χ3v) is 7.70. The van der Waals surface area contributed by atoms with E-state index in [4.69, 9.17) is 21.3 Å². The molecule has 5 nitrogen and oxygen atoms in total. The molecule has 4 aromatic rings. The quantitative estimate of drug-likeness (QED) is 0.293. The summed E-state index contributed by atoms with van der Waals surface area (Å²) < 4.78 is 7.67. The smallest absolute Gasteiger partial charge is 0.338 e. The Labute approximate surface area is 230 Å². The van der Waals surface area contributed by atoms with Crippen LogP contribution < -0.4 is 14.9 Å². The Bertz CT molecular complexity index is 1680. The van der Waals surface area contributed by atoms with Crippen LogP contribution >= 0.6 is 22.9 Å². The van der Waals surface area contributed by atoms with Gasteiger partial charge in [0.25, 0.3) is 5.56 Å². The van der Waals surface area contributed by atoms with Crippen molar-refractivity contribution in [1.29, 1.82) is 0 Å². The summed E-state index contributed by atoms with van der Waals surface area (Å²) in [6.45, 7) is 6.25. The van der Waals surface area contributed by atoms with E-state index < -0.39 is 12.0 Å². The van der Waals surface area contributed by atoms with Crippen LogP contribution in [0, 0.1) is 0 Å². The molecule has 1 aliphatic rings. The number of carbonyl (C=O) groups excluding carboxylic acids is 1. The van der Waals surface area contributed by atoms with E-state index in [1.165, 1.54) is 16.9 Å². The largest absolute Gasteiger partial charge is 0.463 e. The summed E-state index contributed by atoms with van der Waals surface area (Å²) in [5, 5.41) is 0.625. The molecule has 1 aliphatic heterocycles. The van der Waals surface area contributed by atoms with Crippen molar-refractivity contribution in [1.82, 2.24) is 4.57 Å². The first kappa shape index (κ1) is 25.9. The van der Waals surface area contributed by atoms with Crippen LogP contribution in [0.5, 0.6) is 0 Å². The number of fused-ring (bicyclic) bond motifs is 1. The van der Waals surface area contributed by atoms with Gasteiger partial charge in [-0.05, 0) is 47.7 Å². The van der Waals surface area contributed by atoms with Gasteiger partial charge in [0.15, 0.2) is 4.80 Å². The Morgan fingerprint density at radius 3 is 2.37 bits per heavy atom. The average Bonchev–Trinajstić information content (AvgIpc) is 3.24. The molecule has 3 aromatic carbocycles. The van der Waals surface area contributed by atoms with Gasteiger partial charge in [0.05, 0.1) is 28.5 Å². The number of rotatable bonds is 6. The Hall–Kier alpha value is -3.74. The van der Waals surface area contributed by atoms with E-state index in [1.54, 1.807) is 23.6 Å². The van der Waals surface area contributed by atoms with Gasteiger partial charge in [0.2, 0.25) is 0 Å². The number of hydrogen-bond acceptors (Lipinski definition) is 5. The van der Waals surface area contributed by atoms with E-state index in [1.807, 2.05) is 60.7 Å². The third kappa shape index (κ3) is 5.02. The number of halogens is 1. The minimum Gasteiger partial charge on any atom is -0.463 e. The summed E-state index contributed by atoms with van der Waals surface area (Å²) >= 11 is 7.35. The fourth-order valence-electron chi connectivity index (χ4n) is 4.53. The van der Waals surface area contributed by atoms with E-state index in [0.717, 1.165) is 16.7 Å². The number of carbonyl (C=O) groups is 1. The van der Waals surface area contributed by atoms with Crippen LogP contribution in [0.2, 0.25) is 5.02 Å². The number of benzene rings is 3. The number of thiazole rings is 1. The minimum atomic E-state index is -0.686. The summed E-state index contributed by atoms with van der Waals surface area (Å²) in [5.74, 6) is -0.134. The summed E-state index contributed by atoms with van der Waals surface area (Å²) in [6.07, 6.45) is 1.83. The van der Waals surface area contributed by atoms with Gasteiger partial charge < -0.3 is 4.74 Å². The summed E-state index contributed by atoms with van der Waals surface area (Å²) in [6, 6.07) is 24.3. The molecule has 0 aliphatic carbocycles. The third-order valence-electron chi connectivity index (χ3n) is 6.46. The van der Waals surface area contributed by atoms with Crippen LogP contribution in [-0.4, -0.2) is 17.1 Å². The molecule has 0 N–H and O–H groups in total. The topological polar surface area (TPSA) is 60.7 Å². The van der Waals surface area contributed by atoms with Crippen LogP contribution in [-0.2, 0) is 9.53 Å². The first-order chi connectivity index (χ1) is 18.4. The number of ether oxygens (including phenoxy) is 1. The Morgan fingerprint density at radius 1 is 1.05 bits per heavy atom. The van der Waals surface area contributed by atoms with Crippen LogP contribution in [0.25, 0.3) is 11.8 Å². The summed E-state index contributed by atoms with van der Waals surface area (Å²) in [7, 11) is 0. The molecule has 2 heterocycles. The molecule has 0 bridgehead atoms. The molecule has 5 rings (SSSR count). The molecule has 1 aromatic heterocycles. The average molecular weight is 543 g/mol. The molecule has 0 amide bonds. The molecule has 0 radical (unpaired) electrons. The fourth-order valence-corrected chi connectivity index (χ4v) is 5.66. The molecule has 0 fully saturated rings. The molecular formula is C31H27ClN2O3S. The second-order valence-corrected chi connectivity index (χ2v) is 10.7. The van der Waals surface area contributed by atoms with Gasteiger partial charge in [0, 0.05) is 10.6 Å². The predicted octanol–water partition coefficient (Wildman–Crippen LogP) is 5.71. The predicted molar refractivity (Wildman–Crippen MR) is 153 cm³/mol. The van der Waals surface area contributed by atoms with Gasteiger partial charge in [-0.2, -0.15) is 0 Å². The van der Waals surface area contributed by atoms with Crippen molar-refractivity contribution in [2.24, 2.45) is 4.99 Å². The molecule has 38 heavy (non-hydrogen) atoms. The first-order valence-electron chi connectivity index (χ1n) is 12.5. The zero-order chi connectivity index (χ0) is 26.8. The molecule has 1 atom stereocenters. The second kappa shape index (κ2) is 10.9. The van der Waals surface area contributed by atoms with Gasteiger partial charge in [-0.3, -0.25) is 9.36 Å². The van der Waals surface area contributed by atoms with Gasteiger partial charge in [0.1, 0.15) is 0 Å². The number of hydrogen-bond donors (Lipinski definition) is 0. The van der Waals surface area contributed by atoms with Gasteiger partial charge in [-0.25, -0.2) is 9.79 Å². The maximum Gasteiger partial charge on any atom is 0.338 e. The normalized spacial score (nSPS) is 15.4. The van der Waals surface area contributed by atoms with Crippen molar-refractivity contribution in [2.75, 3.05) is 6.61 Å². The van der Waals surface area contributed by atoms with Crippen molar-refractivity contribution in [3.05, 3.63) is 131 Å². The van der Waals surface area contributed by atoms with E-state index in [0.29, 0.717) is 31.5 Å². The molecule has 7 heteroatoms. The van der Waals surface area contributed by atoms with Crippen LogP contribution in [0.15, 0.2) is 94.2 Å². The van der Waals surface area contributed by atoms with Crippen molar-refractivity contribution in [3.8, 4) is 0 Å². The highest BCUT2D eigenvalue weighted by atomic mass is 35.5. The Balaban J connectivity index is 1.81. The second-order valence-electron chi connectivity index (χ2n) is 9.30. The fraction of sp³-hybridized carbons (Fsp3) is 0.194. The van der Waals surface area contributed by atoms with Crippen molar-refractivity contribution in [2.45, 2.75) is 32.7 Å². The Morgan fingerprint density at radius 2 is 1.74 bits per heavy atom. The van der Waals surface area contributed by atoms with Gasteiger partial charge in [-0.1, -0.05) is 104 Å². The SMILES string of the molecule is CCOC(=O)C1=C(c2ccccc2)N=c2s/c(=C\c3ccc(Cl)cc3)c(=O)n2[C@@H]1c1ccc(C(C)C)cc1. The Kier molecular flexibility index (Phi) is 7.45. The van der Waals surface area contributed by atoms with Crippen LogP contribution in [0.3, 0.4) is 0 Å². The number of aromatic nitrogens is 1. The number of esters is 1. The van der Waals surface area contributed by atoms with Crippen molar-refractivity contribution < 1.29 is 9.53 Å². The lowest BCUT2D eigenvalue weighted by molar-refractivity contribution is -0.138. The number of nitrogens with zero attached hydrogens (tertiary/aromatic N) is 2. The standard InChI is InChI=1S/C31H27ClN2O3S/c1-4-37-30(36)26-27(22-8-6-5-7-9-22)33-31-34(28(26)23-14-12-21(13-15-23)19(2)3)29(35)25(38-31)18-20-10-16-24(32)17-11-20/h5-19,28H,4H2,1-3H3/b25-18-/t28-/m1/s1. The molecular weight excluding hydrogens is 516 g/mol. The van der Waals surface area contributed by atoms with Crippen molar-refractivity contribution >= 4 is 40.7 Å². The summed E-state index contributed by atoms with van der Waals surface area (Å²) in [4.78, 5) is 32.8. The highest BCUT2D eigenvalue weighted by Crippen LogP contribution is 2.35. The maximum absolute atomic E-state index is 13.9. The zero-order valence-corrected chi connectivity index (χ0v) is 22.9. The van der Waals surface area contributed by atoms with Gasteiger partial charge in [-0.15, -0.1) is 0 Å². The molecule has 0 unspecified atom stereocenters. The van der Waals surface area contributed by atoms with E-state index in [2.05, 4.69) is 26.0 Å². The lowest BCUT2D eigenvalue weighted by atomic mass is 9.91. The lowest BCUT2D eigenvalue weighted by Crippen LogP contribution is -2.40. The van der Waals surface area contributed by atoms with Gasteiger partial charge >= 0.3 is 5.97 Å².